The zero-order chi connectivity index (χ0) is 24.5. The molecule has 1 aromatic rings. The van der Waals surface area contributed by atoms with Crippen LogP contribution in [0.1, 0.15) is 78.5 Å². The molecule has 0 aromatic heterocycles. The Bertz CT molecular complexity index is 799. The number of hydrogen-bond donors (Lipinski definition) is 2. The summed E-state index contributed by atoms with van der Waals surface area (Å²) in [5.74, 6) is -0.618. The third-order valence-corrected chi connectivity index (χ3v) is 4.59. The highest BCUT2D eigenvalue weighted by Crippen LogP contribution is 2.25. The number of carbonyl (C=O) groups is 3. The fourth-order valence-corrected chi connectivity index (χ4v) is 3.18. The Morgan fingerprint density at radius 3 is 2.34 bits per heavy atom. The molecule has 0 radical (unpaired) electrons. The summed E-state index contributed by atoms with van der Waals surface area (Å²) in [4.78, 5) is 40.5. The largest absolute Gasteiger partial charge is 0.444 e. The summed E-state index contributed by atoms with van der Waals surface area (Å²) < 4.78 is 5.28. The molecule has 178 valence electrons. The topological polar surface area (TPSA) is 87.7 Å². The Morgan fingerprint density at radius 2 is 1.81 bits per heavy atom. The first-order valence-corrected chi connectivity index (χ1v) is 11.2. The number of amides is 3. The zero-order valence-corrected chi connectivity index (χ0v) is 20.5. The number of nitrogens with zero attached hydrogens (tertiary/aromatic N) is 1. The van der Waals surface area contributed by atoms with Gasteiger partial charge in [0.05, 0.1) is 0 Å². The summed E-state index contributed by atoms with van der Waals surface area (Å²) in [5.41, 5.74) is 0.863. The molecule has 0 fully saturated rings. The minimum atomic E-state index is -0.862. The third kappa shape index (κ3) is 8.73. The molecular formula is C25H39N3O4. The molecule has 1 rings (SSSR count). The molecule has 0 aliphatic rings. The van der Waals surface area contributed by atoms with E-state index >= 15 is 0 Å². The van der Waals surface area contributed by atoms with Gasteiger partial charge >= 0.3 is 6.09 Å². The van der Waals surface area contributed by atoms with E-state index in [0.717, 1.165) is 18.4 Å². The standard InChI is InChI=1S/C25H39N3O4/c1-9-11-15-28(23(30)18(5)27-24(31)32-25(6,7)8)21(22(29)26-17(3)4)20-14-12-13-19(10-2)16-20/h10,12-14,16-18,21H,2,9,11,15H2,1,3-8H3,(H,26,29)(H,27,31). The molecule has 1 aromatic carbocycles. The molecule has 7 nitrogen and oxygen atoms in total. The maximum absolute atomic E-state index is 13.5. The Balaban J connectivity index is 3.31. The fraction of sp³-hybridized carbons (Fsp3) is 0.560. The first kappa shape index (κ1) is 27.2. The highest BCUT2D eigenvalue weighted by molar-refractivity contribution is 5.92. The third-order valence-electron chi connectivity index (χ3n) is 4.59. The summed E-state index contributed by atoms with van der Waals surface area (Å²) >= 11 is 0. The summed E-state index contributed by atoms with van der Waals surface area (Å²) in [6.45, 7) is 16.8. The summed E-state index contributed by atoms with van der Waals surface area (Å²) in [5, 5.41) is 5.53. The van der Waals surface area contributed by atoms with Gasteiger partial charge in [-0.25, -0.2) is 4.79 Å². The predicted octanol–water partition coefficient (Wildman–Crippen LogP) is 4.44. The molecule has 0 heterocycles. The molecule has 0 aliphatic carbocycles. The second kappa shape index (κ2) is 12.3. The SMILES string of the molecule is C=Cc1cccc(C(C(=O)NC(C)C)N(CCCC)C(=O)C(C)NC(=O)OC(C)(C)C)c1. The molecule has 0 saturated heterocycles. The minimum absolute atomic E-state index is 0.0898. The van der Waals surface area contributed by atoms with Gasteiger partial charge in [0.2, 0.25) is 11.8 Å². The van der Waals surface area contributed by atoms with Gasteiger partial charge in [0, 0.05) is 12.6 Å². The van der Waals surface area contributed by atoms with E-state index in [2.05, 4.69) is 17.2 Å². The van der Waals surface area contributed by atoms with E-state index in [1.165, 1.54) is 0 Å². The number of benzene rings is 1. The van der Waals surface area contributed by atoms with Crippen molar-refractivity contribution in [2.75, 3.05) is 6.54 Å². The van der Waals surface area contributed by atoms with Crippen molar-refractivity contribution in [1.29, 1.82) is 0 Å². The van der Waals surface area contributed by atoms with Crippen molar-refractivity contribution >= 4 is 24.0 Å². The van der Waals surface area contributed by atoms with Crippen molar-refractivity contribution in [3.05, 3.63) is 42.0 Å². The fourth-order valence-electron chi connectivity index (χ4n) is 3.18. The van der Waals surface area contributed by atoms with Crippen molar-refractivity contribution in [2.45, 2.75) is 85.0 Å². The van der Waals surface area contributed by atoms with Crippen molar-refractivity contribution < 1.29 is 19.1 Å². The van der Waals surface area contributed by atoms with E-state index in [-0.39, 0.29) is 17.9 Å². The lowest BCUT2D eigenvalue weighted by atomic mass is 10.00. The van der Waals surface area contributed by atoms with Crippen LogP contribution in [-0.2, 0) is 14.3 Å². The first-order valence-electron chi connectivity index (χ1n) is 11.2. The highest BCUT2D eigenvalue weighted by Gasteiger charge is 2.34. The molecule has 32 heavy (non-hydrogen) atoms. The van der Waals surface area contributed by atoms with Gasteiger partial charge < -0.3 is 20.3 Å². The van der Waals surface area contributed by atoms with E-state index in [1.54, 1.807) is 38.7 Å². The van der Waals surface area contributed by atoms with Gasteiger partial charge in [-0.3, -0.25) is 9.59 Å². The Morgan fingerprint density at radius 1 is 1.16 bits per heavy atom. The number of carbonyl (C=O) groups excluding carboxylic acids is 3. The van der Waals surface area contributed by atoms with Gasteiger partial charge in [0.15, 0.2) is 0 Å². The lowest BCUT2D eigenvalue weighted by molar-refractivity contribution is -0.142. The monoisotopic (exact) mass is 445 g/mol. The van der Waals surface area contributed by atoms with E-state index in [0.29, 0.717) is 12.1 Å². The number of unbranched alkanes of at least 4 members (excludes halogenated alkanes) is 1. The minimum Gasteiger partial charge on any atom is -0.444 e. The maximum Gasteiger partial charge on any atom is 0.408 e. The summed E-state index contributed by atoms with van der Waals surface area (Å²) in [7, 11) is 0. The predicted molar refractivity (Wildman–Crippen MR) is 128 cm³/mol. The van der Waals surface area contributed by atoms with Crippen LogP contribution in [0.25, 0.3) is 6.08 Å². The zero-order valence-electron chi connectivity index (χ0n) is 20.5. The second-order valence-corrected chi connectivity index (χ2v) is 9.19. The van der Waals surface area contributed by atoms with Crippen molar-refractivity contribution in [1.82, 2.24) is 15.5 Å². The van der Waals surface area contributed by atoms with Gasteiger partial charge in [-0.15, -0.1) is 0 Å². The molecule has 0 saturated carbocycles. The van der Waals surface area contributed by atoms with Gasteiger partial charge in [-0.2, -0.15) is 0 Å². The van der Waals surface area contributed by atoms with E-state index in [9.17, 15) is 14.4 Å². The van der Waals surface area contributed by atoms with Crippen molar-refractivity contribution in [3.63, 3.8) is 0 Å². The second-order valence-electron chi connectivity index (χ2n) is 9.19. The lowest BCUT2D eigenvalue weighted by Gasteiger charge is -2.34. The highest BCUT2D eigenvalue weighted by atomic mass is 16.6. The van der Waals surface area contributed by atoms with Crippen LogP contribution < -0.4 is 10.6 Å². The Kier molecular flexibility index (Phi) is 10.4. The molecule has 3 amide bonds. The van der Waals surface area contributed by atoms with Crippen LogP contribution >= 0.6 is 0 Å². The summed E-state index contributed by atoms with van der Waals surface area (Å²) in [6.07, 6.45) is 2.59. The van der Waals surface area contributed by atoms with Gasteiger partial charge in [-0.05, 0) is 65.2 Å². The molecule has 2 atom stereocenters. The lowest BCUT2D eigenvalue weighted by Crippen LogP contribution is -2.52. The van der Waals surface area contributed by atoms with Crippen molar-refractivity contribution in [2.24, 2.45) is 0 Å². The van der Waals surface area contributed by atoms with Gasteiger partial charge in [0.1, 0.15) is 17.7 Å². The van der Waals surface area contributed by atoms with E-state index in [1.807, 2.05) is 45.0 Å². The smallest absolute Gasteiger partial charge is 0.408 e. The van der Waals surface area contributed by atoms with E-state index in [4.69, 9.17) is 4.74 Å². The maximum atomic E-state index is 13.5. The molecule has 2 unspecified atom stereocenters. The van der Waals surface area contributed by atoms with Crippen LogP contribution in [0.4, 0.5) is 4.79 Å². The number of nitrogens with one attached hydrogen (secondary N) is 2. The molecule has 0 bridgehead atoms. The van der Waals surface area contributed by atoms with Crippen LogP contribution in [0, 0.1) is 0 Å². The van der Waals surface area contributed by atoms with Crippen molar-refractivity contribution in [3.8, 4) is 0 Å². The van der Waals surface area contributed by atoms with Crippen LogP contribution in [0.2, 0.25) is 0 Å². The Hall–Kier alpha value is -2.83. The average Bonchev–Trinajstić information content (AvgIpc) is 2.68. The van der Waals surface area contributed by atoms with Gasteiger partial charge in [-0.1, -0.05) is 44.2 Å². The number of rotatable bonds is 10. The number of alkyl carbamates (subject to hydrolysis) is 1. The van der Waals surface area contributed by atoms with Crippen LogP contribution in [-0.4, -0.2) is 47.0 Å². The molecule has 2 N–H and O–H groups in total. The number of ether oxygens (including phenoxy) is 1. The van der Waals surface area contributed by atoms with Crippen LogP contribution in [0.15, 0.2) is 30.8 Å². The quantitative estimate of drug-likeness (QED) is 0.557. The Labute approximate surface area is 192 Å². The van der Waals surface area contributed by atoms with Crippen LogP contribution in [0.5, 0.6) is 0 Å². The molecular weight excluding hydrogens is 406 g/mol. The summed E-state index contributed by atoms with van der Waals surface area (Å²) in [6, 6.07) is 5.63. The van der Waals surface area contributed by atoms with Gasteiger partial charge in [0.25, 0.3) is 0 Å². The first-order chi connectivity index (χ1) is 14.9. The number of hydrogen-bond acceptors (Lipinski definition) is 4. The molecule has 0 spiro atoms. The van der Waals surface area contributed by atoms with Crippen LogP contribution in [0.3, 0.4) is 0 Å². The normalized spacial score (nSPS) is 13.1. The van der Waals surface area contributed by atoms with E-state index < -0.39 is 23.8 Å². The average molecular weight is 446 g/mol. The molecule has 7 heteroatoms. The molecule has 0 aliphatic heterocycles.